The SMILES string of the molecule is COc1ccccc1CC(C)NC(=O)c1sccc1Br. The fourth-order valence-electron chi connectivity index (χ4n) is 2.00. The molecule has 106 valence electrons. The highest BCUT2D eigenvalue weighted by atomic mass is 79.9. The molecule has 0 saturated heterocycles. The molecule has 20 heavy (non-hydrogen) atoms. The van der Waals surface area contributed by atoms with E-state index < -0.39 is 0 Å². The fraction of sp³-hybridized carbons (Fsp3) is 0.267. The van der Waals surface area contributed by atoms with Gasteiger partial charge in [-0.2, -0.15) is 0 Å². The van der Waals surface area contributed by atoms with Gasteiger partial charge in [-0.25, -0.2) is 0 Å². The molecule has 0 bridgehead atoms. The van der Waals surface area contributed by atoms with Gasteiger partial charge in [0.1, 0.15) is 10.6 Å². The van der Waals surface area contributed by atoms with Gasteiger partial charge in [0.15, 0.2) is 0 Å². The van der Waals surface area contributed by atoms with Gasteiger partial charge in [0.2, 0.25) is 0 Å². The fourth-order valence-corrected chi connectivity index (χ4v) is 3.45. The number of benzene rings is 1. The predicted molar refractivity (Wildman–Crippen MR) is 85.6 cm³/mol. The van der Waals surface area contributed by atoms with Gasteiger partial charge in [-0.05, 0) is 52.4 Å². The van der Waals surface area contributed by atoms with Crippen molar-refractivity contribution in [3.05, 3.63) is 50.6 Å². The molecule has 1 N–H and O–H groups in total. The van der Waals surface area contributed by atoms with Crippen LogP contribution in [0.4, 0.5) is 0 Å². The lowest BCUT2D eigenvalue weighted by Gasteiger charge is -2.15. The maximum atomic E-state index is 12.1. The number of carbonyl (C=O) groups is 1. The van der Waals surface area contributed by atoms with E-state index in [-0.39, 0.29) is 11.9 Å². The van der Waals surface area contributed by atoms with Crippen LogP contribution in [0.3, 0.4) is 0 Å². The minimum atomic E-state index is -0.0470. The summed E-state index contributed by atoms with van der Waals surface area (Å²) in [5.41, 5.74) is 1.09. The molecule has 3 nitrogen and oxygen atoms in total. The zero-order valence-corrected chi connectivity index (χ0v) is 13.8. The lowest BCUT2D eigenvalue weighted by Crippen LogP contribution is -2.33. The molecule has 1 unspecified atom stereocenters. The standard InChI is InChI=1S/C15H16BrNO2S/c1-10(9-11-5-3-4-6-13(11)19-2)17-15(18)14-12(16)7-8-20-14/h3-8,10H,9H2,1-2H3,(H,17,18). The third kappa shape index (κ3) is 3.61. The lowest BCUT2D eigenvalue weighted by molar-refractivity contribution is 0.0943. The van der Waals surface area contributed by atoms with Crippen molar-refractivity contribution in [1.82, 2.24) is 5.32 Å². The van der Waals surface area contributed by atoms with E-state index in [1.165, 1.54) is 11.3 Å². The summed E-state index contributed by atoms with van der Waals surface area (Å²) < 4.78 is 6.16. The molecule has 0 aliphatic carbocycles. The smallest absolute Gasteiger partial charge is 0.262 e. The Bertz CT molecular complexity index is 597. The summed E-state index contributed by atoms with van der Waals surface area (Å²) in [7, 11) is 1.66. The largest absolute Gasteiger partial charge is 0.496 e. The van der Waals surface area contributed by atoms with Crippen LogP contribution in [0.2, 0.25) is 0 Å². The highest BCUT2D eigenvalue weighted by Crippen LogP contribution is 2.23. The molecule has 2 aromatic rings. The van der Waals surface area contributed by atoms with Gasteiger partial charge >= 0.3 is 0 Å². The van der Waals surface area contributed by atoms with Gasteiger partial charge in [0.25, 0.3) is 5.91 Å². The van der Waals surface area contributed by atoms with Crippen molar-refractivity contribution >= 4 is 33.2 Å². The summed E-state index contributed by atoms with van der Waals surface area (Å²) in [6, 6.07) is 9.77. The van der Waals surface area contributed by atoms with E-state index in [1.54, 1.807) is 7.11 Å². The van der Waals surface area contributed by atoms with E-state index in [9.17, 15) is 4.79 Å². The van der Waals surface area contributed by atoms with Crippen molar-refractivity contribution in [2.24, 2.45) is 0 Å². The Morgan fingerprint density at radius 1 is 1.40 bits per heavy atom. The second-order valence-electron chi connectivity index (χ2n) is 4.49. The van der Waals surface area contributed by atoms with Crippen molar-refractivity contribution in [3.8, 4) is 5.75 Å². The first kappa shape index (κ1) is 15.1. The van der Waals surface area contributed by atoms with Crippen LogP contribution in [0.5, 0.6) is 5.75 Å². The maximum Gasteiger partial charge on any atom is 0.262 e. The first-order chi connectivity index (χ1) is 9.61. The van der Waals surface area contributed by atoms with Crippen LogP contribution in [0.25, 0.3) is 0 Å². The van der Waals surface area contributed by atoms with Crippen LogP contribution in [-0.2, 0) is 6.42 Å². The highest BCUT2D eigenvalue weighted by Gasteiger charge is 2.15. The summed E-state index contributed by atoms with van der Waals surface area (Å²) >= 11 is 4.81. The molecule has 5 heteroatoms. The van der Waals surface area contributed by atoms with E-state index in [0.29, 0.717) is 4.88 Å². The number of hydrogen-bond donors (Lipinski definition) is 1. The van der Waals surface area contributed by atoms with E-state index >= 15 is 0 Å². The molecule has 0 aliphatic heterocycles. The van der Waals surface area contributed by atoms with Gasteiger partial charge in [-0.1, -0.05) is 18.2 Å². The Kier molecular flexibility index (Phi) is 5.20. The summed E-state index contributed by atoms with van der Waals surface area (Å²) in [6.45, 7) is 1.99. The summed E-state index contributed by atoms with van der Waals surface area (Å²) in [5, 5.41) is 4.90. The Labute approximate surface area is 131 Å². The van der Waals surface area contributed by atoms with E-state index in [1.807, 2.05) is 42.6 Å². The van der Waals surface area contributed by atoms with Crippen molar-refractivity contribution in [1.29, 1.82) is 0 Å². The Morgan fingerprint density at radius 2 is 2.15 bits per heavy atom. The van der Waals surface area contributed by atoms with Gasteiger partial charge in [0, 0.05) is 10.5 Å². The van der Waals surface area contributed by atoms with Crippen LogP contribution in [0.15, 0.2) is 40.2 Å². The number of ether oxygens (including phenoxy) is 1. The van der Waals surface area contributed by atoms with Crippen LogP contribution in [-0.4, -0.2) is 19.1 Å². The molecule has 1 heterocycles. The Hall–Kier alpha value is -1.33. The topological polar surface area (TPSA) is 38.3 Å². The predicted octanol–water partition coefficient (Wildman–Crippen LogP) is 3.88. The van der Waals surface area contributed by atoms with Crippen molar-refractivity contribution in [2.45, 2.75) is 19.4 Å². The molecule has 1 amide bonds. The zero-order valence-electron chi connectivity index (χ0n) is 11.4. The second kappa shape index (κ2) is 6.90. The third-order valence-electron chi connectivity index (χ3n) is 2.92. The molecule has 0 radical (unpaired) electrons. The number of carbonyl (C=O) groups excluding carboxylic acids is 1. The van der Waals surface area contributed by atoms with Crippen LogP contribution in [0, 0.1) is 0 Å². The van der Waals surface area contributed by atoms with Crippen molar-refractivity contribution in [2.75, 3.05) is 7.11 Å². The molecule has 0 spiro atoms. The van der Waals surface area contributed by atoms with E-state index in [0.717, 1.165) is 22.2 Å². The first-order valence-electron chi connectivity index (χ1n) is 6.27. The van der Waals surface area contributed by atoms with Gasteiger partial charge in [-0.15, -0.1) is 11.3 Å². The molecule has 1 aromatic heterocycles. The first-order valence-corrected chi connectivity index (χ1v) is 7.95. The molecule has 1 aromatic carbocycles. The molecular weight excluding hydrogens is 338 g/mol. The zero-order chi connectivity index (χ0) is 14.5. The monoisotopic (exact) mass is 353 g/mol. The summed E-state index contributed by atoms with van der Waals surface area (Å²) in [4.78, 5) is 12.8. The number of para-hydroxylation sites is 1. The third-order valence-corrected chi connectivity index (χ3v) is 4.76. The molecule has 0 aliphatic rings. The molecule has 2 rings (SSSR count). The number of rotatable bonds is 5. The normalized spacial score (nSPS) is 11.9. The molecule has 0 saturated carbocycles. The van der Waals surface area contributed by atoms with Crippen molar-refractivity contribution in [3.63, 3.8) is 0 Å². The van der Waals surface area contributed by atoms with Crippen LogP contribution >= 0.6 is 27.3 Å². The minimum Gasteiger partial charge on any atom is -0.496 e. The number of halogens is 1. The Morgan fingerprint density at radius 3 is 2.80 bits per heavy atom. The number of nitrogens with one attached hydrogen (secondary N) is 1. The Balaban J connectivity index is 2.01. The average Bonchev–Trinajstić information content (AvgIpc) is 2.85. The minimum absolute atomic E-state index is 0.0350. The number of methoxy groups -OCH3 is 1. The van der Waals surface area contributed by atoms with E-state index in [4.69, 9.17) is 4.74 Å². The van der Waals surface area contributed by atoms with Gasteiger partial charge in [0.05, 0.1) is 7.11 Å². The maximum absolute atomic E-state index is 12.1. The number of amides is 1. The summed E-state index contributed by atoms with van der Waals surface area (Å²) in [6.07, 6.45) is 0.735. The highest BCUT2D eigenvalue weighted by molar-refractivity contribution is 9.10. The summed E-state index contributed by atoms with van der Waals surface area (Å²) in [5.74, 6) is 0.806. The average molecular weight is 354 g/mol. The second-order valence-corrected chi connectivity index (χ2v) is 6.26. The molecular formula is C15H16BrNO2S. The quantitative estimate of drug-likeness (QED) is 0.885. The van der Waals surface area contributed by atoms with Gasteiger partial charge < -0.3 is 10.1 Å². The van der Waals surface area contributed by atoms with Crippen LogP contribution in [0.1, 0.15) is 22.2 Å². The number of thiophene rings is 1. The molecule has 1 atom stereocenters. The number of hydrogen-bond acceptors (Lipinski definition) is 3. The molecule has 0 fully saturated rings. The van der Waals surface area contributed by atoms with Gasteiger partial charge in [-0.3, -0.25) is 4.79 Å². The van der Waals surface area contributed by atoms with Crippen molar-refractivity contribution < 1.29 is 9.53 Å². The lowest BCUT2D eigenvalue weighted by atomic mass is 10.1. The van der Waals surface area contributed by atoms with Crippen LogP contribution < -0.4 is 10.1 Å². The van der Waals surface area contributed by atoms with E-state index in [2.05, 4.69) is 21.2 Å².